The molecule has 0 aliphatic heterocycles. The van der Waals surface area contributed by atoms with E-state index in [4.69, 9.17) is 4.74 Å². The minimum atomic E-state index is -1.31. The van der Waals surface area contributed by atoms with Gasteiger partial charge < -0.3 is 9.64 Å². The molecule has 5 heteroatoms. The van der Waals surface area contributed by atoms with E-state index in [-0.39, 0.29) is 18.4 Å². The van der Waals surface area contributed by atoms with Crippen molar-refractivity contribution in [2.75, 3.05) is 20.7 Å². The predicted molar refractivity (Wildman–Crippen MR) is 76.6 cm³/mol. The molecule has 0 saturated heterocycles. The minimum Gasteiger partial charge on any atom is -0.463 e. The zero-order valence-corrected chi connectivity index (χ0v) is 13.6. The Morgan fingerprint density at radius 2 is 1.75 bits per heavy atom. The van der Waals surface area contributed by atoms with Gasteiger partial charge in [0.15, 0.2) is 5.41 Å². The average molecular weight is 282 g/mol. The third kappa shape index (κ3) is 4.84. The molecule has 0 aromatic carbocycles. The molecule has 0 fully saturated rings. The van der Waals surface area contributed by atoms with Gasteiger partial charge in [-0.2, -0.15) is 5.26 Å². The van der Waals surface area contributed by atoms with Crippen molar-refractivity contribution in [2.24, 2.45) is 16.7 Å². The van der Waals surface area contributed by atoms with Crippen LogP contribution in [0.1, 0.15) is 41.0 Å². The molecule has 0 heterocycles. The van der Waals surface area contributed by atoms with Gasteiger partial charge in [0.1, 0.15) is 6.61 Å². The molecule has 0 radical (unpaired) electrons. The second-order valence-electron chi connectivity index (χ2n) is 6.82. The van der Waals surface area contributed by atoms with E-state index in [2.05, 4.69) is 6.07 Å². The quantitative estimate of drug-likeness (QED) is 0.725. The van der Waals surface area contributed by atoms with E-state index in [0.717, 1.165) is 0 Å². The molecule has 20 heavy (non-hydrogen) atoms. The predicted octanol–water partition coefficient (Wildman–Crippen LogP) is 2.22. The summed E-state index contributed by atoms with van der Waals surface area (Å²) in [6.07, 6.45) is 0.359. The van der Waals surface area contributed by atoms with Crippen LogP contribution in [0.2, 0.25) is 0 Å². The maximum atomic E-state index is 12.3. The standard InChI is InChI=1S/C15H26N2O3/c1-11(2)8-15(9-16,12(18)17(6)7)10-20-13(19)14(3,4)5/h11H,8,10H2,1-7H3. The van der Waals surface area contributed by atoms with E-state index in [1.807, 2.05) is 13.8 Å². The number of esters is 1. The van der Waals surface area contributed by atoms with Crippen LogP contribution < -0.4 is 0 Å². The highest BCUT2D eigenvalue weighted by Gasteiger charge is 2.42. The average Bonchev–Trinajstić information content (AvgIpc) is 2.31. The number of carbonyl (C=O) groups is 2. The highest BCUT2D eigenvalue weighted by molar-refractivity contribution is 5.86. The summed E-state index contributed by atoms with van der Waals surface area (Å²) in [4.78, 5) is 25.5. The molecule has 1 amide bonds. The lowest BCUT2D eigenvalue weighted by atomic mass is 9.80. The second-order valence-corrected chi connectivity index (χ2v) is 6.82. The SMILES string of the molecule is CC(C)CC(C#N)(COC(=O)C(C)(C)C)C(=O)N(C)C. The summed E-state index contributed by atoms with van der Waals surface area (Å²) in [5, 5.41) is 9.47. The van der Waals surface area contributed by atoms with Gasteiger partial charge in [-0.25, -0.2) is 0 Å². The fourth-order valence-corrected chi connectivity index (χ4v) is 1.86. The summed E-state index contributed by atoms with van der Waals surface area (Å²) in [5.41, 5.74) is -1.96. The van der Waals surface area contributed by atoms with Crippen LogP contribution in [0.5, 0.6) is 0 Å². The molecule has 0 N–H and O–H groups in total. The lowest BCUT2D eigenvalue weighted by Crippen LogP contribution is -2.44. The summed E-state index contributed by atoms with van der Waals surface area (Å²) in [6.45, 7) is 8.87. The second kappa shape index (κ2) is 6.74. The smallest absolute Gasteiger partial charge is 0.311 e. The number of hydrogen-bond acceptors (Lipinski definition) is 4. The van der Waals surface area contributed by atoms with Crippen LogP contribution in [-0.2, 0) is 14.3 Å². The first-order valence-corrected chi connectivity index (χ1v) is 6.76. The fraction of sp³-hybridized carbons (Fsp3) is 0.800. The van der Waals surface area contributed by atoms with E-state index in [1.54, 1.807) is 34.9 Å². The number of amides is 1. The molecular formula is C15H26N2O3. The maximum Gasteiger partial charge on any atom is 0.311 e. The summed E-state index contributed by atoms with van der Waals surface area (Å²) in [5.74, 6) is -0.588. The Bertz CT molecular complexity index is 402. The van der Waals surface area contributed by atoms with E-state index in [0.29, 0.717) is 6.42 Å². The molecule has 5 nitrogen and oxygen atoms in total. The number of carbonyl (C=O) groups excluding carboxylic acids is 2. The molecule has 0 aromatic rings. The molecule has 0 rings (SSSR count). The van der Waals surface area contributed by atoms with Gasteiger partial charge in [0.25, 0.3) is 0 Å². The summed E-state index contributed by atoms with van der Waals surface area (Å²) in [7, 11) is 3.20. The third-order valence-electron chi connectivity index (χ3n) is 2.85. The van der Waals surface area contributed by atoms with Crippen LogP contribution in [0.25, 0.3) is 0 Å². The van der Waals surface area contributed by atoms with Crippen molar-refractivity contribution in [3.63, 3.8) is 0 Å². The fourth-order valence-electron chi connectivity index (χ4n) is 1.86. The van der Waals surface area contributed by atoms with Crippen LogP contribution in [0.4, 0.5) is 0 Å². The van der Waals surface area contributed by atoms with Gasteiger partial charge in [-0.1, -0.05) is 13.8 Å². The Morgan fingerprint density at radius 1 is 1.25 bits per heavy atom. The zero-order valence-electron chi connectivity index (χ0n) is 13.6. The van der Waals surface area contributed by atoms with E-state index in [1.165, 1.54) is 4.90 Å². The first-order chi connectivity index (χ1) is 8.96. The van der Waals surface area contributed by atoms with Crippen molar-refractivity contribution >= 4 is 11.9 Å². The van der Waals surface area contributed by atoms with Gasteiger partial charge in [-0.05, 0) is 33.1 Å². The van der Waals surface area contributed by atoms with Crippen LogP contribution in [0.3, 0.4) is 0 Å². The van der Waals surface area contributed by atoms with Crippen LogP contribution >= 0.6 is 0 Å². The van der Waals surface area contributed by atoms with Gasteiger partial charge in [-0.3, -0.25) is 9.59 Å². The Hall–Kier alpha value is -1.57. The van der Waals surface area contributed by atoms with Gasteiger partial charge in [0.2, 0.25) is 5.91 Å². The highest BCUT2D eigenvalue weighted by Crippen LogP contribution is 2.29. The van der Waals surface area contributed by atoms with E-state index >= 15 is 0 Å². The third-order valence-corrected chi connectivity index (χ3v) is 2.85. The lowest BCUT2D eigenvalue weighted by molar-refractivity contribution is -0.159. The molecule has 0 aliphatic carbocycles. The summed E-state index contributed by atoms with van der Waals surface area (Å²) >= 11 is 0. The van der Waals surface area contributed by atoms with Gasteiger partial charge >= 0.3 is 5.97 Å². The Kier molecular flexibility index (Phi) is 6.21. The van der Waals surface area contributed by atoms with E-state index < -0.39 is 16.8 Å². The highest BCUT2D eigenvalue weighted by atomic mass is 16.5. The maximum absolute atomic E-state index is 12.3. The van der Waals surface area contributed by atoms with Crippen molar-refractivity contribution in [1.29, 1.82) is 5.26 Å². The monoisotopic (exact) mass is 282 g/mol. The van der Waals surface area contributed by atoms with Gasteiger partial charge in [0.05, 0.1) is 11.5 Å². The molecule has 0 aromatic heterocycles. The van der Waals surface area contributed by atoms with Crippen molar-refractivity contribution in [3.8, 4) is 6.07 Å². The number of ether oxygens (including phenoxy) is 1. The van der Waals surface area contributed by atoms with Crippen molar-refractivity contribution in [3.05, 3.63) is 0 Å². The Morgan fingerprint density at radius 3 is 2.05 bits per heavy atom. The number of rotatable bonds is 5. The molecule has 0 aliphatic rings. The Balaban J connectivity index is 5.20. The molecule has 114 valence electrons. The Labute approximate surface area is 121 Å². The summed E-state index contributed by atoms with van der Waals surface area (Å²) < 4.78 is 5.23. The molecule has 1 unspecified atom stereocenters. The van der Waals surface area contributed by atoms with Gasteiger partial charge in [0, 0.05) is 14.1 Å². The van der Waals surface area contributed by atoms with Crippen LogP contribution in [0.15, 0.2) is 0 Å². The zero-order chi connectivity index (χ0) is 16.1. The van der Waals surface area contributed by atoms with Crippen LogP contribution in [-0.4, -0.2) is 37.5 Å². The first-order valence-electron chi connectivity index (χ1n) is 6.76. The first kappa shape index (κ1) is 18.4. The molecule has 0 spiro atoms. The minimum absolute atomic E-state index is 0.145. The number of hydrogen-bond donors (Lipinski definition) is 0. The molecule has 0 saturated carbocycles. The number of nitriles is 1. The van der Waals surface area contributed by atoms with Crippen LogP contribution in [0, 0.1) is 28.1 Å². The molecule has 0 bridgehead atoms. The van der Waals surface area contributed by atoms with E-state index in [9.17, 15) is 14.9 Å². The normalized spacial score (nSPS) is 14.3. The van der Waals surface area contributed by atoms with Crippen molar-refractivity contribution < 1.29 is 14.3 Å². The van der Waals surface area contributed by atoms with Crippen molar-refractivity contribution in [2.45, 2.75) is 41.0 Å². The topological polar surface area (TPSA) is 70.4 Å². The molecule has 1 atom stereocenters. The lowest BCUT2D eigenvalue weighted by Gasteiger charge is -2.30. The number of nitrogens with zero attached hydrogens (tertiary/aromatic N) is 2. The summed E-state index contributed by atoms with van der Waals surface area (Å²) in [6, 6.07) is 2.07. The van der Waals surface area contributed by atoms with Gasteiger partial charge in [-0.15, -0.1) is 0 Å². The van der Waals surface area contributed by atoms with Crippen molar-refractivity contribution in [1.82, 2.24) is 4.90 Å². The largest absolute Gasteiger partial charge is 0.463 e. The molecular weight excluding hydrogens is 256 g/mol.